The van der Waals surface area contributed by atoms with Gasteiger partial charge in [0, 0.05) is 10.2 Å². The lowest BCUT2D eigenvalue weighted by molar-refractivity contribution is 0.0701. The standard InChI is InChI=1S/C14H10BrN3O2S/c1-7-10-12(18-9-4-2-3-8(15)5-9)16-6-17-13(10)21-11(7)14(19)20/h2-6H,1H3,(H,19,20)(H,16,17,18). The monoisotopic (exact) mass is 363 g/mol. The molecule has 0 fully saturated rings. The van der Waals surface area contributed by atoms with Crippen LogP contribution < -0.4 is 5.32 Å². The highest BCUT2D eigenvalue weighted by Gasteiger charge is 2.18. The summed E-state index contributed by atoms with van der Waals surface area (Å²) in [7, 11) is 0. The Hall–Kier alpha value is -1.99. The number of carboxylic acid groups (broad SMARTS) is 1. The summed E-state index contributed by atoms with van der Waals surface area (Å²) >= 11 is 4.57. The molecule has 3 aromatic rings. The minimum Gasteiger partial charge on any atom is -0.477 e. The molecule has 0 radical (unpaired) electrons. The molecule has 21 heavy (non-hydrogen) atoms. The summed E-state index contributed by atoms with van der Waals surface area (Å²) in [4.78, 5) is 20.6. The van der Waals surface area contributed by atoms with Crippen molar-refractivity contribution in [2.24, 2.45) is 0 Å². The predicted molar refractivity (Wildman–Crippen MR) is 86.5 cm³/mol. The molecular formula is C14H10BrN3O2S. The summed E-state index contributed by atoms with van der Waals surface area (Å²) in [5, 5.41) is 13.2. The van der Waals surface area contributed by atoms with E-state index >= 15 is 0 Å². The average Bonchev–Trinajstić information content (AvgIpc) is 2.77. The molecule has 0 amide bonds. The minimum absolute atomic E-state index is 0.294. The molecule has 0 spiro atoms. The van der Waals surface area contributed by atoms with Crippen LogP contribution in [0.4, 0.5) is 11.5 Å². The molecule has 106 valence electrons. The number of hydrogen-bond acceptors (Lipinski definition) is 5. The van der Waals surface area contributed by atoms with Crippen molar-refractivity contribution < 1.29 is 9.90 Å². The molecule has 0 bridgehead atoms. The predicted octanol–water partition coefficient (Wildman–Crippen LogP) is 4.20. The number of rotatable bonds is 3. The Kier molecular flexibility index (Phi) is 3.60. The van der Waals surface area contributed by atoms with Crippen LogP contribution in [0.5, 0.6) is 0 Å². The SMILES string of the molecule is Cc1c(C(=O)O)sc2ncnc(Nc3cccc(Br)c3)c12. The zero-order valence-corrected chi connectivity index (χ0v) is 13.3. The molecule has 2 N–H and O–H groups in total. The Morgan fingerprint density at radius 2 is 2.19 bits per heavy atom. The third-order valence-corrected chi connectivity index (χ3v) is 4.69. The smallest absolute Gasteiger partial charge is 0.346 e. The van der Waals surface area contributed by atoms with Crippen LogP contribution in [-0.4, -0.2) is 21.0 Å². The zero-order chi connectivity index (χ0) is 15.0. The summed E-state index contributed by atoms with van der Waals surface area (Å²) in [5.41, 5.74) is 1.55. The summed E-state index contributed by atoms with van der Waals surface area (Å²) in [6.45, 7) is 1.78. The highest BCUT2D eigenvalue weighted by molar-refractivity contribution is 9.10. The molecule has 0 aliphatic rings. The van der Waals surface area contributed by atoms with E-state index in [9.17, 15) is 9.90 Å². The van der Waals surface area contributed by atoms with Gasteiger partial charge in [0.15, 0.2) is 0 Å². The summed E-state index contributed by atoms with van der Waals surface area (Å²) < 4.78 is 0.950. The summed E-state index contributed by atoms with van der Waals surface area (Å²) in [6.07, 6.45) is 1.43. The van der Waals surface area contributed by atoms with Crippen LogP contribution in [0, 0.1) is 6.92 Å². The second-order valence-corrected chi connectivity index (χ2v) is 6.31. The van der Waals surface area contributed by atoms with Crippen molar-refractivity contribution in [2.45, 2.75) is 6.92 Å². The second-order valence-electron chi connectivity index (χ2n) is 4.40. The highest BCUT2D eigenvalue weighted by Crippen LogP contribution is 2.34. The molecule has 3 rings (SSSR count). The molecule has 0 saturated carbocycles. The number of hydrogen-bond donors (Lipinski definition) is 2. The van der Waals surface area contributed by atoms with Gasteiger partial charge in [-0.05, 0) is 30.7 Å². The van der Waals surface area contributed by atoms with Crippen molar-refractivity contribution in [1.82, 2.24) is 9.97 Å². The second kappa shape index (κ2) is 5.42. The lowest BCUT2D eigenvalue weighted by atomic mass is 10.2. The molecule has 0 atom stereocenters. The molecule has 2 aromatic heterocycles. The van der Waals surface area contributed by atoms with Crippen molar-refractivity contribution in [1.29, 1.82) is 0 Å². The van der Waals surface area contributed by atoms with Gasteiger partial charge in [-0.2, -0.15) is 0 Å². The third kappa shape index (κ3) is 2.62. The van der Waals surface area contributed by atoms with Crippen LogP contribution in [-0.2, 0) is 0 Å². The van der Waals surface area contributed by atoms with E-state index in [-0.39, 0.29) is 0 Å². The summed E-state index contributed by atoms with van der Waals surface area (Å²) in [6, 6.07) is 7.68. The fraction of sp³-hybridized carbons (Fsp3) is 0.0714. The third-order valence-electron chi connectivity index (χ3n) is 3.01. The Morgan fingerprint density at radius 3 is 2.90 bits per heavy atom. The first-order chi connectivity index (χ1) is 10.1. The minimum atomic E-state index is -0.941. The quantitative estimate of drug-likeness (QED) is 0.728. The molecular weight excluding hydrogens is 354 g/mol. The van der Waals surface area contributed by atoms with Crippen LogP contribution in [0.3, 0.4) is 0 Å². The van der Waals surface area contributed by atoms with Gasteiger partial charge in [-0.1, -0.05) is 22.0 Å². The van der Waals surface area contributed by atoms with E-state index < -0.39 is 5.97 Å². The largest absolute Gasteiger partial charge is 0.477 e. The van der Waals surface area contributed by atoms with E-state index in [1.54, 1.807) is 6.92 Å². The number of anilines is 2. The number of halogens is 1. The number of thiophene rings is 1. The van der Waals surface area contributed by atoms with Crippen LogP contribution in [0.1, 0.15) is 15.2 Å². The maximum absolute atomic E-state index is 11.2. The average molecular weight is 364 g/mol. The number of nitrogens with one attached hydrogen (secondary N) is 1. The number of carboxylic acids is 1. The first-order valence-electron chi connectivity index (χ1n) is 6.06. The lowest BCUT2D eigenvalue weighted by Crippen LogP contribution is -1.97. The maximum atomic E-state index is 11.2. The molecule has 0 aliphatic heterocycles. The Labute approximate surface area is 132 Å². The van der Waals surface area contributed by atoms with Gasteiger partial charge in [-0.15, -0.1) is 11.3 Å². The number of aromatic nitrogens is 2. The van der Waals surface area contributed by atoms with E-state index in [4.69, 9.17) is 0 Å². The number of nitrogens with zero attached hydrogens (tertiary/aromatic N) is 2. The van der Waals surface area contributed by atoms with E-state index in [0.717, 1.165) is 26.9 Å². The van der Waals surface area contributed by atoms with Crippen LogP contribution in [0.25, 0.3) is 10.2 Å². The molecule has 1 aromatic carbocycles. The van der Waals surface area contributed by atoms with Crippen LogP contribution in [0.15, 0.2) is 35.1 Å². The Balaban J connectivity index is 2.12. The van der Waals surface area contributed by atoms with Gasteiger partial charge < -0.3 is 10.4 Å². The van der Waals surface area contributed by atoms with Gasteiger partial charge in [0.1, 0.15) is 21.9 Å². The normalized spacial score (nSPS) is 10.8. The van der Waals surface area contributed by atoms with Crippen molar-refractivity contribution in [3.8, 4) is 0 Å². The van der Waals surface area contributed by atoms with Crippen molar-refractivity contribution in [3.63, 3.8) is 0 Å². The highest BCUT2D eigenvalue weighted by atomic mass is 79.9. The molecule has 5 nitrogen and oxygen atoms in total. The molecule has 0 unspecified atom stereocenters. The van der Waals surface area contributed by atoms with Crippen LogP contribution >= 0.6 is 27.3 Å². The molecule has 7 heteroatoms. The van der Waals surface area contributed by atoms with Gasteiger partial charge in [0.2, 0.25) is 0 Å². The number of fused-ring (bicyclic) bond motifs is 1. The van der Waals surface area contributed by atoms with Gasteiger partial charge in [-0.25, -0.2) is 14.8 Å². The van der Waals surface area contributed by atoms with E-state index in [0.29, 0.717) is 21.1 Å². The number of aromatic carboxylic acids is 1. The van der Waals surface area contributed by atoms with E-state index in [2.05, 4.69) is 31.2 Å². The van der Waals surface area contributed by atoms with Gasteiger partial charge in [0.25, 0.3) is 0 Å². The number of carbonyl (C=O) groups is 1. The van der Waals surface area contributed by atoms with Crippen LogP contribution in [0.2, 0.25) is 0 Å². The number of benzene rings is 1. The van der Waals surface area contributed by atoms with Gasteiger partial charge >= 0.3 is 5.97 Å². The first-order valence-corrected chi connectivity index (χ1v) is 7.67. The lowest BCUT2D eigenvalue weighted by Gasteiger charge is -2.07. The van der Waals surface area contributed by atoms with E-state index in [1.807, 2.05) is 24.3 Å². The molecule has 0 aliphatic carbocycles. The van der Waals surface area contributed by atoms with Gasteiger partial charge in [-0.3, -0.25) is 0 Å². The zero-order valence-electron chi connectivity index (χ0n) is 10.9. The fourth-order valence-electron chi connectivity index (χ4n) is 2.07. The number of aryl methyl sites for hydroxylation is 1. The first kappa shape index (κ1) is 14.0. The summed E-state index contributed by atoms with van der Waals surface area (Å²) in [5.74, 6) is -0.330. The van der Waals surface area contributed by atoms with Crippen molar-refractivity contribution in [3.05, 3.63) is 45.5 Å². The topological polar surface area (TPSA) is 75.1 Å². The fourth-order valence-corrected chi connectivity index (χ4v) is 3.46. The Morgan fingerprint density at radius 1 is 1.38 bits per heavy atom. The van der Waals surface area contributed by atoms with E-state index in [1.165, 1.54) is 6.33 Å². The van der Waals surface area contributed by atoms with Crippen molar-refractivity contribution in [2.75, 3.05) is 5.32 Å². The van der Waals surface area contributed by atoms with Gasteiger partial charge in [0.05, 0.1) is 5.39 Å². The van der Waals surface area contributed by atoms with Crippen molar-refractivity contribution >= 4 is 55.0 Å². The maximum Gasteiger partial charge on any atom is 0.346 e. The molecule has 0 saturated heterocycles. The molecule has 2 heterocycles. The Bertz CT molecular complexity index is 847.